The Balaban J connectivity index is 1.90. The molecule has 0 spiro atoms. The van der Waals surface area contributed by atoms with Crippen LogP contribution in [0.5, 0.6) is 0 Å². The minimum Gasteiger partial charge on any atom is -0.326 e. The van der Waals surface area contributed by atoms with E-state index in [1.54, 1.807) is 0 Å². The molecular weight excluding hydrogens is 322 g/mol. The zero-order valence-corrected chi connectivity index (χ0v) is 13.4. The third kappa shape index (κ3) is 4.14. The molecule has 23 heavy (non-hydrogen) atoms. The molecule has 1 aliphatic heterocycles. The van der Waals surface area contributed by atoms with Crippen LogP contribution in [0.1, 0.15) is 19.3 Å². The molecule has 124 valence electrons. The number of imide groups is 1. The van der Waals surface area contributed by atoms with E-state index in [0.29, 0.717) is 5.69 Å². The first kappa shape index (κ1) is 17.1. The molecule has 1 fully saturated rings. The highest BCUT2D eigenvalue weighted by Gasteiger charge is 2.28. The van der Waals surface area contributed by atoms with Gasteiger partial charge in [-0.2, -0.15) is 0 Å². The van der Waals surface area contributed by atoms with Crippen molar-refractivity contribution in [3.8, 4) is 0 Å². The van der Waals surface area contributed by atoms with Gasteiger partial charge in [0, 0.05) is 31.5 Å². The highest BCUT2D eigenvalue weighted by molar-refractivity contribution is 7.89. The number of likely N-dealkylation sites (tertiary alicyclic amines) is 1. The van der Waals surface area contributed by atoms with Gasteiger partial charge in [0.25, 0.3) is 0 Å². The van der Waals surface area contributed by atoms with Crippen LogP contribution in [0.15, 0.2) is 29.2 Å². The van der Waals surface area contributed by atoms with Gasteiger partial charge in [-0.05, 0) is 31.3 Å². The fourth-order valence-corrected chi connectivity index (χ4v) is 2.87. The monoisotopic (exact) mass is 339 g/mol. The van der Waals surface area contributed by atoms with Gasteiger partial charge in [0.1, 0.15) is 0 Å². The Morgan fingerprint density at radius 1 is 1.13 bits per heavy atom. The molecule has 2 rings (SSSR count). The fraction of sp³-hybridized carbons (Fsp3) is 0.357. The second-order valence-electron chi connectivity index (χ2n) is 4.97. The second kappa shape index (κ2) is 6.88. The van der Waals surface area contributed by atoms with Gasteiger partial charge >= 0.3 is 0 Å². The van der Waals surface area contributed by atoms with E-state index < -0.39 is 10.0 Å². The smallest absolute Gasteiger partial charge is 0.240 e. The van der Waals surface area contributed by atoms with Crippen molar-refractivity contribution >= 4 is 33.4 Å². The molecule has 3 amide bonds. The third-order valence-electron chi connectivity index (χ3n) is 3.43. The molecule has 0 saturated carbocycles. The molecule has 1 heterocycles. The first-order valence-corrected chi connectivity index (χ1v) is 8.48. The summed E-state index contributed by atoms with van der Waals surface area (Å²) >= 11 is 0. The number of benzene rings is 1. The summed E-state index contributed by atoms with van der Waals surface area (Å²) in [5.74, 6) is -0.879. The molecule has 0 bridgehead atoms. The van der Waals surface area contributed by atoms with Crippen molar-refractivity contribution in [2.24, 2.45) is 0 Å². The number of carbonyl (C=O) groups excluding carboxylic acids is 3. The van der Waals surface area contributed by atoms with Gasteiger partial charge in [-0.25, -0.2) is 13.1 Å². The summed E-state index contributed by atoms with van der Waals surface area (Å²) in [7, 11) is -2.21. The second-order valence-corrected chi connectivity index (χ2v) is 6.86. The fourth-order valence-electron chi connectivity index (χ4n) is 2.14. The minimum atomic E-state index is -3.52. The number of carbonyl (C=O) groups is 3. The van der Waals surface area contributed by atoms with E-state index in [0.717, 1.165) is 4.90 Å². The predicted molar refractivity (Wildman–Crippen MR) is 81.9 cm³/mol. The zero-order chi connectivity index (χ0) is 17.0. The molecule has 0 unspecified atom stereocenters. The van der Waals surface area contributed by atoms with E-state index in [1.807, 2.05) is 0 Å². The average Bonchev–Trinajstić information content (AvgIpc) is 2.84. The Morgan fingerprint density at radius 3 is 2.22 bits per heavy atom. The molecule has 0 radical (unpaired) electrons. The van der Waals surface area contributed by atoms with Gasteiger partial charge in [0.15, 0.2) is 0 Å². The standard InChI is InChI=1S/C14H17N3O5S/c1-15-23(21,22)11-4-2-10(3-5-11)16-12(18)8-9-17-13(19)6-7-14(17)20/h2-5,15H,6-9H2,1H3,(H,16,18). The van der Waals surface area contributed by atoms with Crippen LogP contribution < -0.4 is 10.0 Å². The maximum atomic E-state index is 11.8. The predicted octanol–water partition coefficient (Wildman–Crippen LogP) is 0.0723. The summed E-state index contributed by atoms with van der Waals surface area (Å²) in [6, 6.07) is 5.67. The molecule has 0 aliphatic carbocycles. The highest BCUT2D eigenvalue weighted by atomic mass is 32.2. The summed E-state index contributed by atoms with van der Waals surface area (Å²) in [4.78, 5) is 35.9. The summed E-state index contributed by atoms with van der Waals surface area (Å²) in [5.41, 5.74) is 0.434. The Hall–Kier alpha value is -2.26. The van der Waals surface area contributed by atoms with Crippen LogP contribution in [0.3, 0.4) is 0 Å². The van der Waals surface area contributed by atoms with E-state index in [4.69, 9.17) is 0 Å². The number of sulfonamides is 1. The van der Waals surface area contributed by atoms with Crippen molar-refractivity contribution in [1.82, 2.24) is 9.62 Å². The molecule has 1 aromatic rings. The van der Waals surface area contributed by atoms with Gasteiger partial charge in [-0.3, -0.25) is 19.3 Å². The van der Waals surface area contributed by atoms with Crippen molar-refractivity contribution in [1.29, 1.82) is 0 Å². The van der Waals surface area contributed by atoms with Crippen LogP contribution in [0.4, 0.5) is 5.69 Å². The molecule has 8 nitrogen and oxygen atoms in total. The van der Waals surface area contributed by atoms with Gasteiger partial charge in [-0.1, -0.05) is 0 Å². The lowest BCUT2D eigenvalue weighted by molar-refractivity contribution is -0.138. The van der Waals surface area contributed by atoms with Crippen LogP contribution in [0, 0.1) is 0 Å². The number of nitrogens with one attached hydrogen (secondary N) is 2. The third-order valence-corrected chi connectivity index (χ3v) is 4.86. The van der Waals surface area contributed by atoms with Crippen molar-refractivity contribution in [2.45, 2.75) is 24.2 Å². The molecule has 1 saturated heterocycles. The summed E-state index contributed by atoms with van der Waals surface area (Å²) < 4.78 is 25.3. The maximum absolute atomic E-state index is 11.8. The molecule has 1 aromatic carbocycles. The van der Waals surface area contributed by atoms with Crippen molar-refractivity contribution < 1.29 is 22.8 Å². The summed E-state index contributed by atoms with van der Waals surface area (Å²) in [6.07, 6.45) is 0.387. The van der Waals surface area contributed by atoms with Crippen LogP contribution in [0.25, 0.3) is 0 Å². The van der Waals surface area contributed by atoms with E-state index in [-0.39, 0.29) is 48.4 Å². The van der Waals surface area contributed by atoms with E-state index >= 15 is 0 Å². The minimum absolute atomic E-state index is 0.00591. The SMILES string of the molecule is CNS(=O)(=O)c1ccc(NC(=O)CCN2C(=O)CCC2=O)cc1. The molecule has 1 aliphatic rings. The summed E-state index contributed by atoms with van der Waals surface area (Å²) in [6.45, 7) is 0.0513. The number of anilines is 1. The lowest BCUT2D eigenvalue weighted by Crippen LogP contribution is -2.32. The Bertz CT molecular complexity index is 711. The van der Waals surface area contributed by atoms with Crippen molar-refractivity contribution in [3.05, 3.63) is 24.3 Å². The summed E-state index contributed by atoms with van der Waals surface area (Å²) in [5, 5.41) is 2.59. The number of hydrogen-bond acceptors (Lipinski definition) is 5. The van der Waals surface area contributed by atoms with Gasteiger partial charge < -0.3 is 5.32 Å². The number of hydrogen-bond donors (Lipinski definition) is 2. The maximum Gasteiger partial charge on any atom is 0.240 e. The van der Waals surface area contributed by atoms with Crippen LogP contribution in [-0.4, -0.2) is 44.6 Å². The lowest BCUT2D eigenvalue weighted by atomic mass is 10.3. The van der Waals surface area contributed by atoms with Crippen LogP contribution in [-0.2, 0) is 24.4 Å². The van der Waals surface area contributed by atoms with E-state index in [1.165, 1.54) is 31.3 Å². The number of amides is 3. The average molecular weight is 339 g/mol. The molecule has 9 heteroatoms. The molecule has 2 N–H and O–H groups in total. The Kier molecular flexibility index (Phi) is 5.12. The number of nitrogens with zero attached hydrogens (tertiary/aromatic N) is 1. The van der Waals surface area contributed by atoms with E-state index in [9.17, 15) is 22.8 Å². The Labute approximate surface area is 133 Å². The first-order chi connectivity index (χ1) is 10.8. The van der Waals surface area contributed by atoms with Crippen LogP contribution in [0.2, 0.25) is 0 Å². The first-order valence-electron chi connectivity index (χ1n) is 7.00. The normalized spacial score (nSPS) is 15.1. The van der Waals surface area contributed by atoms with Gasteiger partial charge in [-0.15, -0.1) is 0 Å². The highest BCUT2D eigenvalue weighted by Crippen LogP contribution is 2.15. The number of rotatable bonds is 6. The zero-order valence-electron chi connectivity index (χ0n) is 12.5. The van der Waals surface area contributed by atoms with Gasteiger partial charge in [0.05, 0.1) is 4.90 Å². The molecule has 0 aromatic heterocycles. The van der Waals surface area contributed by atoms with Crippen molar-refractivity contribution in [3.63, 3.8) is 0 Å². The quantitative estimate of drug-likeness (QED) is 0.712. The van der Waals surface area contributed by atoms with Crippen LogP contribution >= 0.6 is 0 Å². The molecular formula is C14H17N3O5S. The van der Waals surface area contributed by atoms with Crippen molar-refractivity contribution in [2.75, 3.05) is 18.9 Å². The van der Waals surface area contributed by atoms with Gasteiger partial charge in [0.2, 0.25) is 27.7 Å². The van der Waals surface area contributed by atoms with E-state index in [2.05, 4.69) is 10.0 Å². The topological polar surface area (TPSA) is 113 Å². The molecule has 0 atom stereocenters. The lowest BCUT2D eigenvalue weighted by Gasteiger charge is -2.13. The largest absolute Gasteiger partial charge is 0.326 e. The Morgan fingerprint density at radius 2 is 1.70 bits per heavy atom.